The molecule has 3 N–H and O–H groups in total. The molecule has 1 aliphatic rings. The Hall–Kier alpha value is -1.14. The first kappa shape index (κ1) is 12.3. The van der Waals surface area contributed by atoms with Gasteiger partial charge in [-0.25, -0.2) is 0 Å². The zero-order chi connectivity index (χ0) is 12.4. The fourth-order valence-corrected chi connectivity index (χ4v) is 2.74. The standard InChI is InChI=1S/C11H18N4OS/c1-2-14-5-3-4-8(14)7-15-9(12)6-10(16)13-11(15)17/h6,8H,2-5,7,12H2,1H3,(H,13,16,17). The number of nitrogen functional groups attached to an aromatic ring is 1. The Morgan fingerprint density at radius 3 is 3.06 bits per heavy atom. The Labute approximate surface area is 105 Å². The van der Waals surface area contributed by atoms with Crippen molar-refractivity contribution in [2.75, 3.05) is 18.8 Å². The minimum Gasteiger partial charge on any atom is -0.385 e. The van der Waals surface area contributed by atoms with Crippen LogP contribution in [0.2, 0.25) is 0 Å². The molecule has 0 radical (unpaired) electrons. The van der Waals surface area contributed by atoms with E-state index < -0.39 is 0 Å². The number of nitrogens with zero attached hydrogens (tertiary/aromatic N) is 2. The van der Waals surface area contributed by atoms with Crippen LogP contribution in [-0.4, -0.2) is 33.6 Å². The van der Waals surface area contributed by atoms with E-state index >= 15 is 0 Å². The van der Waals surface area contributed by atoms with E-state index in [1.54, 1.807) is 0 Å². The third-order valence-electron chi connectivity index (χ3n) is 3.36. The molecule has 2 rings (SSSR count). The highest BCUT2D eigenvalue weighted by atomic mass is 32.1. The van der Waals surface area contributed by atoms with Gasteiger partial charge in [-0.15, -0.1) is 0 Å². The Morgan fingerprint density at radius 2 is 2.41 bits per heavy atom. The number of anilines is 1. The Balaban J connectivity index is 2.24. The average Bonchev–Trinajstić information content (AvgIpc) is 2.70. The van der Waals surface area contributed by atoms with Crippen LogP contribution < -0.4 is 11.3 Å². The Kier molecular flexibility index (Phi) is 3.63. The molecule has 1 aliphatic heterocycles. The van der Waals surface area contributed by atoms with E-state index in [1.807, 2.05) is 4.57 Å². The monoisotopic (exact) mass is 254 g/mol. The lowest BCUT2D eigenvalue weighted by Gasteiger charge is -2.24. The second kappa shape index (κ2) is 5.01. The van der Waals surface area contributed by atoms with Crippen molar-refractivity contribution in [2.24, 2.45) is 0 Å². The van der Waals surface area contributed by atoms with Crippen LogP contribution in [0.5, 0.6) is 0 Å². The van der Waals surface area contributed by atoms with Gasteiger partial charge in [-0.3, -0.25) is 14.7 Å². The second-order valence-corrected chi connectivity index (χ2v) is 4.79. The fraction of sp³-hybridized carbons (Fsp3) is 0.636. The van der Waals surface area contributed by atoms with Crippen molar-refractivity contribution < 1.29 is 0 Å². The third-order valence-corrected chi connectivity index (χ3v) is 3.69. The van der Waals surface area contributed by atoms with Gasteiger partial charge in [0, 0.05) is 18.7 Å². The fourth-order valence-electron chi connectivity index (χ4n) is 2.46. The molecule has 2 heterocycles. The van der Waals surface area contributed by atoms with Gasteiger partial charge >= 0.3 is 0 Å². The molecule has 0 saturated carbocycles. The normalized spacial score (nSPS) is 20.9. The maximum Gasteiger partial charge on any atom is 0.253 e. The zero-order valence-electron chi connectivity index (χ0n) is 9.98. The Morgan fingerprint density at radius 1 is 1.65 bits per heavy atom. The topological polar surface area (TPSA) is 67.0 Å². The summed E-state index contributed by atoms with van der Waals surface area (Å²) in [5.74, 6) is 0.446. The number of aromatic amines is 1. The van der Waals surface area contributed by atoms with Crippen molar-refractivity contribution >= 4 is 18.0 Å². The Bertz CT molecular complexity index is 507. The van der Waals surface area contributed by atoms with Gasteiger partial charge < -0.3 is 10.3 Å². The maximum atomic E-state index is 11.2. The molecule has 94 valence electrons. The third kappa shape index (κ3) is 2.58. The van der Waals surface area contributed by atoms with Gasteiger partial charge in [0.1, 0.15) is 5.82 Å². The molecule has 6 heteroatoms. The summed E-state index contributed by atoms with van der Waals surface area (Å²) in [4.78, 5) is 16.2. The molecule has 0 bridgehead atoms. The lowest BCUT2D eigenvalue weighted by atomic mass is 10.2. The molecule has 1 fully saturated rings. The molecule has 5 nitrogen and oxygen atoms in total. The summed E-state index contributed by atoms with van der Waals surface area (Å²) in [7, 11) is 0. The lowest BCUT2D eigenvalue weighted by molar-refractivity contribution is 0.243. The lowest BCUT2D eigenvalue weighted by Crippen LogP contribution is -2.34. The van der Waals surface area contributed by atoms with Crippen LogP contribution >= 0.6 is 12.2 Å². The summed E-state index contributed by atoms with van der Waals surface area (Å²) >= 11 is 5.15. The van der Waals surface area contributed by atoms with Gasteiger partial charge in [-0.1, -0.05) is 6.92 Å². The number of H-pyrrole nitrogens is 1. The molecule has 1 aromatic heterocycles. The summed E-state index contributed by atoms with van der Waals surface area (Å²) in [6.45, 7) is 5.10. The summed E-state index contributed by atoms with van der Waals surface area (Å²) in [5.41, 5.74) is 5.61. The van der Waals surface area contributed by atoms with Crippen LogP contribution in [-0.2, 0) is 6.54 Å². The highest BCUT2D eigenvalue weighted by Crippen LogP contribution is 2.19. The van der Waals surface area contributed by atoms with Gasteiger partial charge in [0.25, 0.3) is 5.56 Å². The van der Waals surface area contributed by atoms with Gasteiger partial charge in [0.2, 0.25) is 0 Å². The number of rotatable bonds is 3. The van der Waals surface area contributed by atoms with Gasteiger partial charge in [-0.05, 0) is 38.1 Å². The minimum atomic E-state index is -0.234. The predicted molar refractivity (Wildman–Crippen MR) is 70.6 cm³/mol. The van der Waals surface area contributed by atoms with E-state index in [2.05, 4.69) is 16.8 Å². The van der Waals surface area contributed by atoms with Crippen molar-refractivity contribution in [3.05, 3.63) is 21.2 Å². The second-order valence-electron chi connectivity index (χ2n) is 4.40. The van der Waals surface area contributed by atoms with Crippen LogP contribution in [0.15, 0.2) is 10.9 Å². The van der Waals surface area contributed by atoms with Crippen molar-refractivity contribution in [1.82, 2.24) is 14.5 Å². The van der Waals surface area contributed by atoms with E-state index in [-0.39, 0.29) is 5.56 Å². The van der Waals surface area contributed by atoms with E-state index in [0.717, 1.165) is 26.1 Å². The molecule has 1 atom stereocenters. The number of likely N-dealkylation sites (tertiary alicyclic amines) is 1. The first-order valence-corrected chi connectivity index (χ1v) is 6.36. The van der Waals surface area contributed by atoms with Crippen molar-refractivity contribution in [2.45, 2.75) is 32.4 Å². The summed E-state index contributed by atoms with van der Waals surface area (Å²) in [6, 6.07) is 1.86. The molecule has 0 aliphatic carbocycles. The number of aromatic nitrogens is 2. The van der Waals surface area contributed by atoms with Crippen LogP contribution in [0.1, 0.15) is 19.8 Å². The molecule has 1 aromatic rings. The molecule has 0 spiro atoms. The number of nitrogens with one attached hydrogen (secondary N) is 1. The molecule has 0 aromatic carbocycles. The molecular weight excluding hydrogens is 236 g/mol. The van der Waals surface area contributed by atoms with E-state index in [9.17, 15) is 4.79 Å². The largest absolute Gasteiger partial charge is 0.385 e. The van der Waals surface area contributed by atoms with Gasteiger partial charge in [-0.2, -0.15) is 0 Å². The van der Waals surface area contributed by atoms with Crippen molar-refractivity contribution in [3.63, 3.8) is 0 Å². The van der Waals surface area contributed by atoms with Gasteiger partial charge in [0.15, 0.2) is 4.77 Å². The van der Waals surface area contributed by atoms with Gasteiger partial charge in [0.05, 0.1) is 0 Å². The summed E-state index contributed by atoms with van der Waals surface area (Å²) in [6.07, 6.45) is 2.38. The van der Waals surface area contributed by atoms with Crippen molar-refractivity contribution in [1.29, 1.82) is 0 Å². The SMILES string of the molecule is CCN1CCCC1Cn1c(N)cc(=O)[nH]c1=S. The smallest absolute Gasteiger partial charge is 0.253 e. The van der Waals surface area contributed by atoms with Crippen LogP contribution in [0.3, 0.4) is 0 Å². The highest BCUT2D eigenvalue weighted by Gasteiger charge is 2.23. The van der Waals surface area contributed by atoms with Crippen LogP contribution in [0.25, 0.3) is 0 Å². The van der Waals surface area contributed by atoms with Crippen LogP contribution in [0.4, 0.5) is 5.82 Å². The number of likely N-dealkylation sites (N-methyl/N-ethyl adjacent to an activating group) is 1. The first-order chi connectivity index (χ1) is 8.11. The first-order valence-electron chi connectivity index (χ1n) is 5.95. The molecule has 17 heavy (non-hydrogen) atoms. The highest BCUT2D eigenvalue weighted by molar-refractivity contribution is 7.71. The maximum absolute atomic E-state index is 11.2. The molecule has 1 saturated heterocycles. The zero-order valence-corrected chi connectivity index (χ0v) is 10.8. The summed E-state index contributed by atoms with van der Waals surface area (Å²) in [5, 5.41) is 0. The van der Waals surface area contributed by atoms with Crippen LogP contribution in [0, 0.1) is 4.77 Å². The summed E-state index contributed by atoms with van der Waals surface area (Å²) < 4.78 is 2.23. The number of hydrogen-bond acceptors (Lipinski definition) is 4. The van der Waals surface area contributed by atoms with E-state index in [1.165, 1.54) is 12.5 Å². The van der Waals surface area contributed by atoms with Crippen molar-refractivity contribution in [3.8, 4) is 0 Å². The number of hydrogen-bond donors (Lipinski definition) is 2. The molecule has 0 amide bonds. The molecular formula is C11H18N4OS. The molecule has 1 unspecified atom stereocenters. The average molecular weight is 254 g/mol. The van der Waals surface area contributed by atoms with E-state index in [0.29, 0.717) is 16.6 Å². The predicted octanol–water partition coefficient (Wildman–Crippen LogP) is 0.972. The number of nitrogens with two attached hydrogens (primary N) is 1. The minimum absolute atomic E-state index is 0.234. The quantitative estimate of drug-likeness (QED) is 0.789. The van der Waals surface area contributed by atoms with E-state index in [4.69, 9.17) is 18.0 Å².